The predicted octanol–water partition coefficient (Wildman–Crippen LogP) is 4.58. The summed E-state index contributed by atoms with van der Waals surface area (Å²) in [7, 11) is -2.22. The summed E-state index contributed by atoms with van der Waals surface area (Å²) in [4.78, 5) is 40.8. The van der Waals surface area contributed by atoms with Gasteiger partial charge in [-0.2, -0.15) is 0 Å². The highest BCUT2D eigenvalue weighted by molar-refractivity contribution is 6.80. The van der Waals surface area contributed by atoms with Crippen molar-refractivity contribution < 1.29 is 14.4 Å². The van der Waals surface area contributed by atoms with Gasteiger partial charge in [-0.25, -0.2) is 0 Å². The molecular formula is C25H28N2O3Si. The molecule has 2 atom stereocenters. The van der Waals surface area contributed by atoms with Crippen LogP contribution in [0.25, 0.3) is 6.08 Å². The quantitative estimate of drug-likeness (QED) is 0.404. The molecule has 5 nitrogen and oxygen atoms in total. The van der Waals surface area contributed by atoms with E-state index in [0.29, 0.717) is 11.1 Å². The minimum Gasteiger partial charge on any atom is -0.359 e. The Hall–Kier alpha value is -2.99. The lowest BCUT2D eigenvalue weighted by Crippen LogP contribution is -2.78. The number of hydrogen-bond acceptors (Lipinski definition) is 3. The lowest BCUT2D eigenvalue weighted by Gasteiger charge is -2.58. The van der Waals surface area contributed by atoms with Gasteiger partial charge in [-0.15, -0.1) is 0 Å². The van der Waals surface area contributed by atoms with Crippen LogP contribution in [0.3, 0.4) is 0 Å². The van der Waals surface area contributed by atoms with E-state index in [9.17, 15) is 14.4 Å². The number of carbonyl (C=O) groups is 3. The van der Waals surface area contributed by atoms with Crippen LogP contribution in [0.4, 0.5) is 0 Å². The maximum absolute atomic E-state index is 13.5. The van der Waals surface area contributed by atoms with Gasteiger partial charge >= 0.3 is 0 Å². The van der Waals surface area contributed by atoms with Gasteiger partial charge in [0, 0.05) is 0 Å². The van der Waals surface area contributed by atoms with Crippen LogP contribution in [0.5, 0.6) is 0 Å². The van der Waals surface area contributed by atoms with E-state index in [4.69, 9.17) is 0 Å². The fraction of sp³-hybridized carbons (Fsp3) is 0.320. The molecule has 0 spiro atoms. The molecule has 3 amide bonds. The Morgan fingerprint density at radius 2 is 1.35 bits per heavy atom. The Labute approximate surface area is 184 Å². The Morgan fingerprint density at radius 1 is 0.839 bits per heavy atom. The first-order chi connectivity index (χ1) is 14.6. The summed E-state index contributed by atoms with van der Waals surface area (Å²) in [5, 5.41) is -0.0611. The molecule has 1 saturated heterocycles. The molecule has 2 unspecified atom stereocenters. The lowest BCUT2D eigenvalue weighted by atomic mass is 9.95. The van der Waals surface area contributed by atoms with Gasteiger partial charge in [0.2, 0.25) is 5.91 Å². The van der Waals surface area contributed by atoms with E-state index in [1.165, 1.54) is 4.90 Å². The van der Waals surface area contributed by atoms with E-state index in [1.54, 1.807) is 24.3 Å². The monoisotopic (exact) mass is 432 g/mol. The van der Waals surface area contributed by atoms with E-state index in [2.05, 4.69) is 33.9 Å². The average molecular weight is 433 g/mol. The number of nitrogens with zero attached hydrogens (tertiary/aromatic N) is 2. The van der Waals surface area contributed by atoms with Crippen LogP contribution in [0.2, 0.25) is 18.1 Å². The number of benzene rings is 2. The minimum absolute atomic E-state index is 0.0611. The molecule has 2 aliphatic heterocycles. The fourth-order valence-corrected chi connectivity index (χ4v) is 6.57. The molecule has 6 heteroatoms. The van der Waals surface area contributed by atoms with Crippen LogP contribution in [0, 0.1) is 0 Å². The highest BCUT2D eigenvalue weighted by Crippen LogP contribution is 2.45. The van der Waals surface area contributed by atoms with Gasteiger partial charge in [0.25, 0.3) is 11.8 Å². The second-order valence-electron chi connectivity index (χ2n) is 9.75. The van der Waals surface area contributed by atoms with E-state index in [0.717, 1.165) is 5.56 Å². The van der Waals surface area contributed by atoms with Crippen molar-refractivity contribution in [2.24, 2.45) is 0 Å². The number of amides is 3. The van der Waals surface area contributed by atoms with Crippen molar-refractivity contribution in [3.63, 3.8) is 0 Å². The minimum atomic E-state index is -2.22. The van der Waals surface area contributed by atoms with Gasteiger partial charge in [-0.3, -0.25) is 19.3 Å². The highest BCUT2D eigenvalue weighted by atomic mass is 28.3. The standard InChI is InChI=1S/C25H28N2O3Si/c1-25(2,3)31(4,5)27-20(16-15-17-11-7-6-8-12-17)21(24(27)30)26-22(28)18-13-9-10-14-19(18)23(26)29/h6-16,20-21H,1-5H3/b16-15-. The summed E-state index contributed by atoms with van der Waals surface area (Å²) in [5.74, 6) is -0.900. The van der Waals surface area contributed by atoms with Gasteiger partial charge in [0.1, 0.15) is 6.04 Å². The zero-order valence-corrected chi connectivity index (χ0v) is 19.6. The number of hydrogen-bond donors (Lipinski definition) is 0. The summed E-state index contributed by atoms with van der Waals surface area (Å²) in [6.45, 7) is 10.8. The largest absolute Gasteiger partial charge is 0.359 e. The van der Waals surface area contributed by atoms with E-state index in [-0.39, 0.29) is 28.8 Å². The summed E-state index contributed by atoms with van der Waals surface area (Å²) in [5.41, 5.74) is 1.76. The number of fused-ring (bicyclic) bond motifs is 1. The van der Waals surface area contributed by atoms with Crippen LogP contribution < -0.4 is 0 Å². The molecule has 4 rings (SSSR count). The fourth-order valence-electron chi connectivity index (χ4n) is 4.19. The normalized spacial score (nSPS) is 21.6. The summed E-state index contributed by atoms with van der Waals surface area (Å²) in [6, 6.07) is 15.5. The molecule has 2 aromatic carbocycles. The van der Waals surface area contributed by atoms with Crippen LogP contribution in [0.1, 0.15) is 47.1 Å². The molecule has 0 radical (unpaired) electrons. The molecule has 1 fully saturated rings. The van der Waals surface area contributed by atoms with Gasteiger partial charge < -0.3 is 4.57 Å². The van der Waals surface area contributed by atoms with Crippen molar-refractivity contribution in [3.8, 4) is 0 Å². The van der Waals surface area contributed by atoms with Crippen molar-refractivity contribution >= 4 is 32.0 Å². The Kier molecular flexibility index (Phi) is 5.01. The van der Waals surface area contributed by atoms with Crippen LogP contribution >= 0.6 is 0 Å². The van der Waals surface area contributed by atoms with E-state index >= 15 is 0 Å². The number of imide groups is 1. The third-order valence-electron chi connectivity index (χ3n) is 6.94. The molecule has 0 bridgehead atoms. The van der Waals surface area contributed by atoms with Crippen molar-refractivity contribution in [1.29, 1.82) is 0 Å². The summed E-state index contributed by atoms with van der Waals surface area (Å²) >= 11 is 0. The average Bonchev–Trinajstić information content (AvgIpc) is 2.96. The molecule has 2 aliphatic rings. The number of rotatable bonds is 4. The van der Waals surface area contributed by atoms with Crippen molar-refractivity contribution in [2.45, 2.75) is 51.0 Å². The highest BCUT2D eigenvalue weighted by Gasteiger charge is 2.61. The Balaban J connectivity index is 1.74. The molecule has 160 valence electrons. The third-order valence-corrected chi connectivity index (χ3v) is 12.3. The third kappa shape index (κ3) is 3.26. The van der Waals surface area contributed by atoms with Crippen LogP contribution in [-0.2, 0) is 4.79 Å². The predicted molar refractivity (Wildman–Crippen MR) is 124 cm³/mol. The van der Waals surface area contributed by atoms with Crippen LogP contribution in [-0.4, -0.2) is 47.5 Å². The molecule has 31 heavy (non-hydrogen) atoms. The number of carbonyl (C=O) groups excluding carboxylic acids is 3. The Bertz CT molecular complexity index is 1050. The first-order valence-electron chi connectivity index (χ1n) is 10.6. The SMILES string of the molecule is CC(C)(C)[Si](C)(C)N1C(=O)C(N2C(=O)c3ccccc3C2=O)C1/C=C\c1ccccc1. The van der Waals surface area contributed by atoms with Gasteiger partial charge in [-0.05, 0) is 22.7 Å². The summed E-state index contributed by atoms with van der Waals surface area (Å²) < 4.78 is 1.96. The van der Waals surface area contributed by atoms with Crippen molar-refractivity contribution in [2.75, 3.05) is 0 Å². The zero-order valence-electron chi connectivity index (χ0n) is 18.6. The van der Waals surface area contributed by atoms with Crippen molar-refractivity contribution in [1.82, 2.24) is 9.47 Å². The molecule has 0 aliphatic carbocycles. The molecule has 0 N–H and O–H groups in total. The van der Waals surface area contributed by atoms with Crippen molar-refractivity contribution in [3.05, 3.63) is 77.4 Å². The number of β-lactam (4-membered cyclic amide) rings is 1. The topological polar surface area (TPSA) is 57.7 Å². The molecule has 2 heterocycles. The second kappa shape index (κ2) is 7.30. The van der Waals surface area contributed by atoms with Gasteiger partial charge in [0.15, 0.2) is 8.24 Å². The molecule has 2 aromatic rings. The Morgan fingerprint density at radius 3 is 1.87 bits per heavy atom. The van der Waals surface area contributed by atoms with E-state index in [1.807, 2.05) is 47.0 Å². The van der Waals surface area contributed by atoms with Gasteiger partial charge in [-0.1, -0.05) is 88.5 Å². The second-order valence-corrected chi connectivity index (χ2v) is 14.8. The first-order valence-corrected chi connectivity index (χ1v) is 13.5. The van der Waals surface area contributed by atoms with Gasteiger partial charge in [0.05, 0.1) is 17.2 Å². The lowest BCUT2D eigenvalue weighted by molar-refractivity contribution is -0.145. The van der Waals surface area contributed by atoms with E-state index < -0.39 is 14.3 Å². The van der Waals surface area contributed by atoms with Crippen LogP contribution in [0.15, 0.2) is 60.7 Å². The molecule has 0 aromatic heterocycles. The maximum Gasteiger partial charge on any atom is 0.262 e. The molecule has 0 saturated carbocycles. The zero-order chi connectivity index (χ0) is 22.6. The molecular weight excluding hydrogens is 404 g/mol. The summed E-state index contributed by atoms with van der Waals surface area (Å²) in [6.07, 6.45) is 3.95. The first kappa shape index (κ1) is 21.2. The maximum atomic E-state index is 13.5. The smallest absolute Gasteiger partial charge is 0.262 e.